The fraction of sp³-hybridized carbons (Fsp3) is 0.800. The lowest BCUT2D eigenvalue weighted by molar-refractivity contribution is 0.553. The van der Waals surface area contributed by atoms with Crippen LogP contribution in [0.2, 0.25) is 0 Å². The number of aromatic nitrogens is 3. The summed E-state index contributed by atoms with van der Waals surface area (Å²) in [4.78, 5) is 0. The molecule has 1 heterocycles. The number of thiol groups is 1. The average molecular weight is 245 g/mol. The van der Waals surface area contributed by atoms with Crippen molar-refractivity contribution < 1.29 is 0 Å². The first-order valence-electron chi connectivity index (χ1n) is 5.37. The van der Waals surface area contributed by atoms with Crippen LogP contribution in [-0.2, 0) is 13.0 Å². The fourth-order valence-electron chi connectivity index (χ4n) is 1.39. The lowest BCUT2D eigenvalue weighted by Crippen LogP contribution is -1.99. The molecule has 0 spiro atoms. The smallest absolute Gasteiger partial charge is 0.0827 e. The lowest BCUT2D eigenvalue weighted by Gasteiger charge is -2.01. The van der Waals surface area contributed by atoms with Gasteiger partial charge in [-0.3, -0.25) is 4.68 Å². The molecule has 0 saturated carbocycles. The summed E-state index contributed by atoms with van der Waals surface area (Å²) in [6, 6.07) is 0. The first-order chi connectivity index (χ1) is 7.22. The molecule has 5 heteroatoms. The van der Waals surface area contributed by atoms with Gasteiger partial charge < -0.3 is 0 Å². The second kappa shape index (κ2) is 7.17. The van der Waals surface area contributed by atoms with Crippen molar-refractivity contribution >= 4 is 22.5 Å². The van der Waals surface area contributed by atoms with E-state index in [9.17, 15) is 0 Å². The molecular formula is C10H19N3S2. The van der Waals surface area contributed by atoms with Crippen molar-refractivity contribution in [1.82, 2.24) is 15.0 Å². The Morgan fingerprint density at radius 2 is 2.33 bits per heavy atom. The summed E-state index contributed by atoms with van der Waals surface area (Å²) in [5, 5.41) is 8.22. The Hall–Kier alpha value is -0.160. The van der Waals surface area contributed by atoms with Gasteiger partial charge in [0.15, 0.2) is 0 Å². The first kappa shape index (κ1) is 12.9. The van der Waals surface area contributed by atoms with Crippen LogP contribution in [0, 0.1) is 5.92 Å². The highest BCUT2D eigenvalue weighted by atomic mass is 33.1. The van der Waals surface area contributed by atoms with Crippen LogP contribution in [0.25, 0.3) is 0 Å². The van der Waals surface area contributed by atoms with Gasteiger partial charge in [0.2, 0.25) is 0 Å². The van der Waals surface area contributed by atoms with Crippen LogP contribution in [-0.4, -0.2) is 20.7 Å². The molecule has 1 rings (SSSR count). The van der Waals surface area contributed by atoms with E-state index in [-0.39, 0.29) is 0 Å². The van der Waals surface area contributed by atoms with E-state index >= 15 is 0 Å². The number of nitrogens with zero attached hydrogens (tertiary/aromatic N) is 3. The molecule has 0 amide bonds. The third-order valence-electron chi connectivity index (χ3n) is 2.21. The molecular weight excluding hydrogens is 226 g/mol. The Balaban J connectivity index is 2.26. The highest BCUT2D eigenvalue weighted by molar-refractivity contribution is 8.68. The van der Waals surface area contributed by atoms with E-state index in [4.69, 9.17) is 0 Å². The third-order valence-corrected chi connectivity index (χ3v) is 3.13. The molecule has 3 nitrogen and oxygen atoms in total. The van der Waals surface area contributed by atoms with E-state index in [1.54, 1.807) is 0 Å². The molecule has 0 radical (unpaired) electrons. The normalized spacial score (nSPS) is 11.2. The number of rotatable bonds is 7. The molecule has 0 N–H and O–H groups in total. The molecule has 86 valence electrons. The Kier molecular flexibility index (Phi) is 6.17. The molecule has 0 bridgehead atoms. The van der Waals surface area contributed by atoms with Crippen LogP contribution in [0.1, 0.15) is 32.4 Å². The van der Waals surface area contributed by atoms with Crippen LogP contribution in [0.4, 0.5) is 0 Å². The zero-order valence-electron chi connectivity index (χ0n) is 9.39. The maximum absolute atomic E-state index is 4.14. The van der Waals surface area contributed by atoms with Gasteiger partial charge in [0.05, 0.1) is 12.2 Å². The number of hydrogen-bond acceptors (Lipinski definition) is 4. The Morgan fingerprint density at radius 3 is 3.00 bits per heavy atom. The minimum atomic E-state index is 0.778. The van der Waals surface area contributed by atoms with Crippen molar-refractivity contribution in [1.29, 1.82) is 0 Å². The zero-order chi connectivity index (χ0) is 11.1. The highest BCUT2D eigenvalue weighted by Crippen LogP contribution is 2.08. The molecule has 0 aliphatic heterocycles. The van der Waals surface area contributed by atoms with E-state index in [1.807, 2.05) is 10.9 Å². The molecule has 1 aromatic heterocycles. The quantitative estimate of drug-likeness (QED) is 0.592. The zero-order valence-corrected chi connectivity index (χ0v) is 11.1. The molecule has 0 atom stereocenters. The molecule has 0 aliphatic rings. The van der Waals surface area contributed by atoms with Gasteiger partial charge in [0.1, 0.15) is 0 Å². The van der Waals surface area contributed by atoms with Crippen molar-refractivity contribution in [2.75, 3.05) is 5.75 Å². The van der Waals surface area contributed by atoms with E-state index in [0.717, 1.165) is 30.3 Å². The maximum Gasteiger partial charge on any atom is 0.0827 e. The fourth-order valence-corrected chi connectivity index (χ4v) is 1.90. The minimum Gasteiger partial charge on any atom is -0.251 e. The van der Waals surface area contributed by atoms with Gasteiger partial charge in [0, 0.05) is 11.9 Å². The largest absolute Gasteiger partial charge is 0.251 e. The van der Waals surface area contributed by atoms with Crippen molar-refractivity contribution in [3.05, 3.63) is 11.9 Å². The molecule has 0 fully saturated rings. The summed E-state index contributed by atoms with van der Waals surface area (Å²) in [6.45, 7) is 5.40. The van der Waals surface area contributed by atoms with Gasteiger partial charge in [-0.2, -0.15) is 0 Å². The van der Waals surface area contributed by atoms with Crippen LogP contribution in [0.15, 0.2) is 6.20 Å². The molecule has 0 aromatic carbocycles. The van der Waals surface area contributed by atoms with Gasteiger partial charge >= 0.3 is 0 Å². The standard InChI is InChI=1S/C10H19N3S2/c1-9(2)4-3-5-10-8-13(12-11-10)6-7-15-14/h8-9,14H,3-7H2,1-2H3. The highest BCUT2D eigenvalue weighted by Gasteiger charge is 2.01. The van der Waals surface area contributed by atoms with Crippen LogP contribution >= 0.6 is 22.5 Å². The van der Waals surface area contributed by atoms with Crippen molar-refractivity contribution in [2.24, 2.45) is 5.92 Å². The van der Waals surface area contributed by atoms with Crippen LogP contribution < -0.4 is 0 Å². The van der Waals surface area contributed by atoms with Crippen LogP contribution in [0.5, 0.6) is 0 Å². The number of hydrogen-bond donors (Lipinski definition) is 1. The first-order valence-corrected chi connectivity index (χ1v) is 7.41. The van der Waals surface area contributed by atoms with Crippen molar-refractivity contribution in [2.45, 2.75) is 39.7 Å². The van der Waals surface area contributed by atoms with Gasteiger partial charge in [-0.05, 0) is 18.8 Å². The van der Waals surface area contributed by atoms with Gasteiger partial charge in [0.25, 0.3) is 0 Å². The minimum absolute atomic E-state index is 0.778. The Labute approximate surface area is 101 Å². The second-order valence-electron chi connectivity index (χ2n) is 4.09. The Bertz CT molecular complexity index is 273. The summed E-state index contributed by atoms with van der Waals surface area (Å²) in [5.41, 5.74) is 1.11. The maximum atomic E-state index is 4.14. The summed E-state index contributed by atoms with van der Waals surface area (Å²) in [5.74, 6) is 1.75. The predicted octanol–water partition coefficient (Wildman–Crippen LogP) is 2.83. The topological polar surface area (TPSA) is 30.7 Å². The Morgan fingerprint density at radius 1 is 1.53 bits per heavy atom. The van der Waals surface area contributed by atoms with Crippen molar-refractivity contribution in [3.8, 4) is 0 Å². The van der Waals surface area contributed by atoms with Crippen molar-refractivity contribution in [3.63, 3.8) is 0 Å². The van der Waals surface area contributed by atoms with Crippen LogP contribution in [0.3, 0.4) is 0 Å². The van der Waals surface area contributed by atoms with E-state index in [1.165, 1.54) is 23.6 Å². The SMILES string of the molecule is CC(C)CCCc1cn(CCSS)nn1. The summed E-state index contributed by atoms with van der Waals surface area (Å²) >= 11 is 4.09. The molecule has 15 heavy (non-hydrogen) atoms. The second-order valence-corrected chi connectivity index (χ2v) is 5.53. The molecule has 0 aliphatic carbocycles. The van der Waals surface area contributed by atoms with E-state index in [0.29, 0.717) is 0 Å². The monoisotopic (exact) mass is 245 g/mol. The van der Waals surface area contributed by atoms with Gasteiger partial charge in [-0.1, -0.05) is 36.3 Å². The molecule has 0 saturated heterocycles. The van der Waals surface area contributed by atoms with E-state index in [2.05, 4.69) is 35.8 Å². The third kappa shape index (κ3) is 5.47. The van der Waals surface area contributed by atoms with Gasteiger partial charge in [-0.25, -0.2) is 0 Å². The average Bonchev–Trinajstić information content (AvgIpc) is 2.62. The molecule has 0 unspecified atom stereocenters. The summed E-state index contributed by atoms with van der Waals surface area (Å²) in [7, 11) is 1.53. The molecule has 1 aromatic rings. The summed E-state index contributed by atoms with van der Waals surface area (Å²) in [6.07, 6.45) is 5.56. The van der Waals surface area contributed by atoms with Gasteiger partial charge in [-0.15, -0.1) is 16.8 Å². The predicted molar refractivity (Wildman–Crippen MR) is 69.2 cm³/mol. The number of aryl methyl sites for hydroxylation is 2. The lowest BCUT2D eigenvalue weighted by atomic mass is 10.1. The summed E-state index contributed by atoms with van der Waals surface area (Å²) < 4.78 is 1.90. The van der Waals surface area contributed by atoms with E-state index < -0.39 is 0 Å².